The van der Waals surface area contributed by atoms with Crippen LogP contribution in [-0.4, -0.2) is 11.9 Å². The molecule has 1 atom stereocenters. The summed E-state index contributed by atoms with van der Waals surface area (Å²) in [7, 11) is 0. The zero-order chi connectivity index (χ0) is 11.5. The number of benzene rings is 1. The molecular weight excluding hydrogens is 198 g/mol. The van der Waals surface area contributed by atoms with E-state index in [0.717, 1.165) is 18.5 Å². The first-order valence-electron chi connectivity index (χ1n) is 6.11. The van der Waals surface area contributed by atoms with Gasteiger partial charge >= 0.3 is 0 Å². The minimum absolute atomic E-state index is 0.172. The summed E-state index contributed by atoms with van der Waals surface area (Å²) >= 11 is 0. The van der Waals surface area contributed by atoms with E-state index in [1.165, 1.54) is 18.4 Å². The lowest BCUT2D eigenvalue weighted by Gasteiger charge is -2.24. The van der Waals surface area contributed by atoms with E-state index in [2.05, 4.69) is 25.1 Å². The van der Waals surface area contributed by atoms with Crippen LogP contribution in [-0.2, 0) is 11.2 Å². The van der Waals surface area contributed by atoms with E-state index in [4.69, 9.17) is 0 Å². The number of carbonyl (C=O) groups is 1. The van der Waals surface area contributed by atoms with E-state index in [1.807, 2.05) is 11.0 Å². The third-order valence-electron chi connectivity index (χ3n) is 3.30. The second-order valence-electron chi connectivity index (χ2n) is 4.52. The fraction of sp³-hybridized carbons (Fsp3) is 0.500. The van der Waals surface area contributed by atoms with Gasteiger partial charge in [-0.15, -0.1) is 0 Å². The highest BCUT2D eigenvalue weighted by molar-refractivity contribution is 5.94. The number of hydrogen-bond donors (Lipinski definition) is 0. The number of amides is 1. The molecule has 0 bridgehead atoms. The molecule has 1 aliphatic rings. The lowest BCUT2D eigenvalue weighted by atomic mass is 10.1. The van der Waals surface area contributed by atoms with Gasteiger partial charge < -0.3 is 4.90 Å². The Balaban J connectivity index is 2.23. The van der Waals surface area contributed by atoms with Crippen LogP contribution in [0.1, 0.15) is 38.7 Å². The molecule has 1 aromatic carbocycles. The van der Waals surface area contributed by atoms with E-state index >= 15 is 0 Å². The highest BCUT2D eigenvalue weighted by Gasteiger charge is 2.30. The Labute approximate surface area is 97.3 Å². The minimum Gasteiger partial charge on any atom is -0.309 e. The number of fused-ring (bicyclic) bond motifs is 1. The van der Waals surface area contributed by atoms with E-state index in [9.17, 15) is 4.79 Å². The standard InChI is InChI=1S/C14H19NO/c1-3-4-8-13-10-12-7-5-6-9-14(12)15(13)11(2)16/h5-7,9,13H,3-4,8,10H2,1-2H3/t13-/m1/s1. The van der Waals surface area contributed by atoms with Crippen LogP contribution in [0.25, 0.3) is 0 Å². The summed E-state index contributed by atoms with van der Waals surface area (Å²) < 4.78 is 0. The number of rotatable bonds is 3. The smallest absolute Gasteiger partial charge is 0.224 e. The van der Waals surface area contributed by atoms with Gasteiger partial charge in [-0.05, 0) is 24.5 Å². The maximum atomic E-state index is 11.7. The summed E-state index contributed by atoms with van der Waals surface area (Å²) in [6.07, 6.45) is 4.53. The number of nitrogens with zero attached hydrogens (tertiary/aromatic N) is 1. The minimum atomic E-state index is 0.172. The number of unbranched alkanes of at least 4 members (excludes halogenated alkanes) is 1. The van der Waals surface area contributed by atoms with Crippen LogP contribution in [0.3, 0.4) is 0 Å². The van der Waals surface area contributed by atoms with Crippen molar-refractivity contribution < 1.29 is 4.79 Å². The lowest BCUT2D eigenvalue weighted by Crippen LogP contribution is -2.35. The third kappa shape index (κ3) is 1.97. The molecule has 0 radical (unpaired) electrons. The van der Waals surface area contributed by atoms with Gasteiger partial charge in [-0.25, -0.2) is 0 Å². The highest BCUT2D eigenvalue weighted by atomic mass is 16.2. The van der Waals surface area contributed by atoms with Gasteiger partial charge in [0, 0.05) is 18.7 Å². The first-order valence-corrected chi connectivity index (χ1v) is 6.11. The number of anilines is 1. The molecule has 0 saturated heterocycles. The molecule has 1 aliphatic heterocycles. The van der Waals surface area contributed by atoms with Crippen LogP contribution >= 0.6 is 0 Å². The number of carbonyl (C=O) groups excluding carboxylic acids is 1. The molecule has 0 aromatic heterocycles. The molecule has 1 aromatic rings. The molecule has 2 heteroatoms. The highest BCUT2D eigenvalue weighted by Crippen LogP contribution is 2.33. The van der Waals surface area contributed by atoms with Gasteiger partial charge in [0.1, 0.15) is 0 Å². The largest absolute Gasteiger partial charge is 0.309 e. The topological polar surface area (TPSA) is 20.3 Å². The molecule has 16 heavy (non-hydrogen) atoms. The lowest BCUT2D eigenvalue weighted by molar-refractivity contribution is -0.116. The molecule has 0 N–H and O–H groups in total. The van der Waals surface area contributed by atoms with Crippen LogP contribution in [0.4, 0.5) is 5.69 Å². The van der Waals surface area contributed by atoms with Crippen LogP contribution in [0.2, 0.25) is 0 Å². The fourth-order valence-corrected chi connectivity index (χ4v) is 2.56. The van der Waals surface area contributed by atoms with Crippen molar-refractivity contribution in [2.75, 3.05) is 4.90 Å². The fourth-order valence-electron chi connectivity index (χ4n) is 2.56. The second-order valence-corrected chi connectivity index (χ2v) is 4.52. The number of hydrogen-bond acceptors (Lipinski definition) is 1. The SMILES string of the molecule is CCCC[C@@H]1Cc2ccccc2N1C(C)=O. The summed E-state index contributed by atoms with van der Waals surface area (Å²) in [5.74, 6) is 0.172. The first-order chi connectivity index (χ1) is 7.74. The van der Waals surface area contributed by atoms with Gasteiger partial charge in [0.05, 0.1) is 0 Å². The van der Waals surface area contributed by atoms with Gasteiger partial charge in [0.25, 0.3) is 0 Å². The van der Waals surface area contributed by atoms with Crippen LogP contribution < -0.4 is 4.90 Å². The molecule has 1 amide bonds. The van der Waals surface area contributed by atoms with Crippen LogP contribution in [0.5, 0.6) is 0 Å². The second kappa shape index (κ2) is 4.69. The van der Waals surface area contributed by atoms with Crippen molar-refractivity contribution in [2.45, 2.75) is 45.6 Å². The average Bonchev–Trinajstić information content (AvgIpc) is 2.64. The Bertz CT molecular complexity index is 386. The Morgan fingerprint density at radius 3 is 2.88 bits per heavy atom. The van der Waals surface area contributed by atoms with Gasteiger partial charge in [0.2, 0.25) is 5.91 Å². The molecule has 86 valence electrons. The van der Waals surface area contributed by atoms with Crippen molar-refractivity contribution in [1.82, 2.24) is 0 Å². The van der Waals surface area contributed by atoms with E-state index in [0.29, 0.717) is 6.04 Å². The maximum Gasteiger partial charge on any atom is 0.224 e. The molecule has 0 saturated carbocycles. The van der Waals surface area contributed by atoms with Crippen molar-refractivity contribution in [1.29, 1.82) is 0 Å². The van der Waals surface area contributed by atoms with Crippen molar-refractivity contribution in [2.24, 2.45) is 0 Å². The molecular formula is C14H19NO. The Hall–Kier alpha value is -1.31. The van der Waals surface area contributed by atoms with Crippen LogP contribution in [0, 0.1) is 0 Å². The third-order valence-corrected chi connectivity index (χ3v) is 3.30. The average molecular weight is 217 g/mol. The first kappa shape index (κ1) is 11.2. The zero-order valence-electron chi connectivity index (χ0n) is 10.1. The summed E-state index contributed by atoms with van der Waals surface area (Å²) in [5.41, 5.74) is 2.44. The summed E-state index contributed by atoms with van der Waals surface area (Å²) in [6.45, 7) is 3.86. The van der Waals surface area contributed by atoms with Gasteiger partial charge in [-0.1, -0.05) is 38.0 Å². The van der Waals surface area contributed by atoms with Gasteiger partial charge in [0.15, 0.2) is 0 Å². The normalized spacial score (nSPS) is 18.6. The van der Waals surface area contributed by atoms with Crippen molar-refractivity contribution in [3.63, 3.8) is 0 Å². The summed E-state index contributed by atoms with van der Waals surface area (Å²) in [6, 6.07) is 8.64. The summed E-state index contributed by atoms with van der Waals surface area (Å²) in [4.78, 5) is 13.7. The predicted molar refractivity (Wildman–Crippen MR) is 66.6 cm³/mol. The van der Waals surface area contributed by atoms with Gasteiger partial charge in [-0.3, -0.25) is 4.79 Å². The van der Waals surface area contributed by atoms with Crippen molar-refractivity contribution in [3.8, 4) is 0 Å². The van der Waals surface area contributed by atoms with Crippen molar-refractivity contribution >= 4 is 11.6 Å². The Kier molecular flexibility index (Phi) is 3.28. The van der Waals surface area contributed by atoms with Crippen LogP contribution in [0.15, 0.2) is 24.3 Å². The van der Waals surface area contributed by atoms with Gasteiger partial charge in [-0.2, -0.15) is 0 Å². The molecule has 2 nitrogen and oxygen atoms in total. The Morgan fingerprint density at radius 1 is 1.44 bits per heavy atom. The van der Waals surface area contributed by atoms with Crippen molar-refractivity contribution in [3.05, 3.63) is 29.8 Å². The van der Waals surface area contributed by atoms with E-state index < -0.39 is 0 Å². The number of para-hydroxylation sites is 1. The zero-order valence-corrected chi connectivity index (χ0v) is 10.1. The molecule has 0 aliphatic carbocycles. The molecule has 0 spiro atoms. The molecule has 0 unspecified atom stereocenters. The predicted octanol–water partition coefficient (Wildman–Crippen LogP) is 3.15. The molecule has 0 fully saturated rings. The monoisotopic (exact) mass is 217 g/mol. The Morgan fingerprint density at radius 2 is 2.19 bits per heavy atom. The quantitative estimate of drug-likeness (QED) is 0.761. The molecule has 1 heterocycles. The summed E-state index contributed by atoms with van der Waals surface area (Å²) in [5, 5.41) is 0. The maximum absolute atomic E-state index is 11.7. The van der Waals surface area contributed by atoms with E-state index in [1.54, 1.807) is 6.92 Å². The molecule has 2 rings (SSSR count). The van der Waals surface area contributed by atoms with E-state index in [-0.39, 0.29) is 5.91 Å².